The van der Waals surface area contributed by atoms with Crippen LogP contribution in [0.2, 0.25) is 0 Å². The lowest BCUT2D eigenvalue weighted by Gasteiger charge is -2.48. The third-order valence-corrected chi connectivity index (χ3v) is 8.47. The van der Waals surface area contributed by atoms with Crippen LogP contribution < -0.4 is 17.0 Å². The summed E-state index contributed by atoms with van der Waals surface area (Å²) in [5.41, 5.74) is 8.39. The van der Waals surface area contributed by atoms with E-state index in [1.54, 1.807) is 0 Å². The smallest absolute Gasteiger partial charge is 0.258 e. The number of quaternary nitrogens is 1. The third kappa shape index (κ3) is 7.67. The number of benzene rings is 4. The maximum atomic E-state index is 14.6. The molecule has 0 radical (unpaired) electrons. The molecule has 41 heavy (non-hydrogen) atoms. The Hall–Kier alpha value is -2.95. The lowest BCUT2D eigenvalue weighted by molar-refractivity contribution is -0.970. The molecule has 1 atom stereocenters. The van der Waals surface area contributed by atoms with Gasteiger partial charge in [0.05, 0.1) is 19.6 Å². The van der Waals surface area contributed by atoms with E-state index in [-0.39, 0.29) is 29.1 Å². The van der Waals surface area contributed by atoms with Gasteiger partial charge in [0.2, 0.25) is 0 Å². The molecule has 0 aliphatic rings. The third-order valence-electron chi connectivity index (χ3n) is 8.47. The average Bonchev–Trinajstić information content (AvgIpc) is 2.92. The number of hydrogen-bond donors (Lipinski definition) is 0. The molecule has 0 aliphatic heterocycles. The maximum absolute atomic E-state index is 14.6. The summed E-state index contributed by atoms with van der Waals surface area (Å²) in [5.74, 6) is 0.119. The van der Waals surface area contributed by atoms with Crippen molar-refractivity contribution < 1.29 is 26.3 Å². The van der Waals surface area contributed by atoms with Crippen molar-refractivity contribution >= 4 is 16.7 Å². The van der Waals surface area contributed by atoms with Crippen LogP contribution in [0.1, 0.15) is 77.4 Å². The molecule has 4 aromatic rings. The lowest BCUT2D eigenvalue weighted by atomic mass is 10.0. The van der Waals surface area contributed by atoms with Gasteiger partial charge in [-0.05, 0) is 76.4 Å². The van der Waals surface area contributed by atoms with Crippen LogP contribution in [0.5, 0.6) is 0 Å². The molecule has 0 heterocycles. The topological polar surface area (TPSA) is 20.3 Å². The molecular weight excluding hydrogens is 568 g/mol. The second-order valence-corrected chi connectivity index (χ2v) is 11.8. The number of aryl methyl sites for hydroxylation is 4. The quantitative estimate of drug-likeness (QED) is 0.152. The summed E-state index contributed by atoms with van der Waals surface area (Å²) in [6.07, 6.45) is 2.03. The zero-order valence-electron chi connectivity index (χ0n) is 26.0. The van der Waals surface area contributed by atoms with Crippen LogP contribution in [0.25, 0.3) is 10.8 Å². The van der Waals surface area contributed by atoms with Crippen molar-refractivity contribution in [1.82, 2.24) is 4.90 Å². The molecule has 0 N–H and O–H groups in total. The van der Waals surface area contributed by atoms with Crippen LogP contribution in [0.4, 0.5) is 0 Å². The van der Waals surface area contributed by atoms with Crippen molar-refractivity contribution in [3.8, 4) is 0 Å². The van der Waals surface area contributed by atoms with Crippen molar-refractivity contribution in [3.63, 3.8) is 0 Å². The predicted molar refractivity (Wildman–Crippen MR) is 169 cm³/mol. The first kappa shape index (κ1) is 32.6. The van der Waals surface area contributed by atoms with Gasteiger partial charge < -0.3 is 21.5 Å². The van der Waals surface area contributed by atoms with E-state index in [0.29, 0.717) is 6.54 Å². The number of nitrogens with zero attached hydrogens (tertiary/aromatic N) is 2. The van der Waals surface area contributed by atoms with E-state index in [1.165, 1.54) is 33.4 Å². The molecule has 1 amide bonds. The first-order valence-electron chi connectivity index (χ1n) is 15.0. The van der Waals surface area contributed by atoms with Crippen LogP contribution in [-0.4, -0.2) is 34.5 Å². The number of hydrogen-bond acceptors (Lipinski definition) is 1. The largest absolute Gasteiger partial charge is 1.00 e. The Morgan fingerprint density at radius 1 is 0.707 bits per heavy atom. The maximum Gasteiger partial charge on any atom is 0.258 e. The minimum atomic E-state index is 0. The molecule has 0 fully saturated rings. The Bertz CT molecular complexity index is 1430. The van der Waals surface area contributed by atoms with E-state index >= 15 is 0 Å². The van der Waals surface area contributed by atoms with Crippen molar-refractivity contribution in [2.75, 3.05) is 13.1 Å². The number of carbonyl (C=O) groups is 1. The molecule has 1 unspecified atom stereocenters. The summed E-state index contributed by atoms with van der Waals surface area (Å²) >= 11 is 0. The van der Waals surface area contributed by atoms with Crippen molar-refractivity contribution in [2.45, 2.75) is 80.6 Å². The van der Waals surface area contributed by atoms with Gasteiger partial charge in [0, 0.05) is 17.5 Å². The molecule has 0 spiro atoms. The second-order valence-electron chi connectivity index (χ2n) is 11.8. The summed E-state index contributed by atoms with van der Waals surface area (Å²) in [4.78, 5) is 16.8. The number of carbonyl (C=O) groups excluding carboxylic acids is 1. The van der Waals surface area contributed by atoms with Crippen molar-refractivity contribution in [2.24, 2.45) is 0 Å². The van der Waals surface area contributed by atoms with E-state index in [9.17, 15) is 4.79 Å². The summed E-state index contributed by atoms with van der Waals surface area (Å²) in [5, 5.41) is 2.26. The van der Waals surface area contributed by atoms with E-state index in [0.717, 1.165) is 53.3 Å². The van der Waals surface area contributed by atoms with Crippen LogP contribution in [-0.2, 0) is 13.1 Å². The number of rotatable bonds is 11. The van der Waals surface area contributed by atoms with Crippen molar-refractivity contribution in [1.29, 1.82) is 0 Å². The second kappa shape index (κ2) is 14.3. The van der Waals surface area contributed by atoms with E-state index in [2.05, 4.69) is 120 Å². The zero-order chi connectivity index (χ0) is 28.9. The van der Waals surface area contributed by atoms with Gasteiger partial charge in [0.25, 0.3) is 5.91 Å². The van der Waals surface area contributed by atoms with Gasteiger partial charge in [-0.3, -0.25) is 9.69 Å². The molecule has 0 aromatic heterocycles. The van der Waals surface area contributed by atoms with Gasteiger partial charge in [-0.15, -0.1) is 0 Å². The fraction of sp³-hybridized carbons (Fsp3) is 0.378. The summed E-state index contributed by atoms with van der Waals surface area (Å²) in [6.45, 7) is 18.9. The van der Waals surface area contributed by atoms with Gasteiger partial charge in [-0.1, -0.05) is 95.9 Å². The Labute approximate surface area is 258 Å². The monoisotopic (exact) mass is 614 g/mol. The minimum absolute atomic E-state index is 0. The normalized spacial score (nSPS) is 12.2. The van der Waals surface area contributed by atoms with E-state index in [1.807, 2.05) is 12.1 Å². The van der Waals surface area contributed by atoms with Crippen LogP contribution in [0, 0.1) is 27.7 Å². The SMILES string of the molecule is CCCC(N(Cc1cc(C)cc(C)c1)C(=O)c1ccc2ccccc2c1)[N+](CC)(CC)Cc1cc(C)cc(C)c1.[Br-]. The number of amides is 1. The van der Waals surface area contributed by atoms with E-state index < -0.39 is 0 Å². The molecule has 0 saturated heterocycles. The molecule has 4 rings (SSSR count). The molecule has 0 bridgehead atoms. The fourth-order valence-electron chi connectivity index (χ4n) is 6.64. The van der Waals surface area contributed by atoms with Crippen LogP contribution in [0.3, 0.4) is 0 Å². The number of fused-ring (bicyclic) bond motifs is 1. The zero-order valence-corrected chi connectivity index (χ0v) is 27.6. The molecule has 0 saturated carbocycles. The number of halogens is 1. The highest BCUT2D eigenvalue weighted by Gasteiger charge is 2.40. The molecule has 3 nitrogen and oxygen atoms in total. The Kier molecular flexibility index (Phi) is 11.3. The summed E-state index contributed by atoms with van der Waals surface area (Å²) < 4.78 is 0.848. The minimum Gasteiger partial charge on any atom is -1.00 e. The highest BCUT2D eigenvalue weighted by atomic mass is 79.9. The summed E-state index contributed by atoms with van der Waals surface area (Å²) in [7, 11) is 0. The Morgan fingerprint density at radius 2 is 1.24 bits per heavy atom. The first-order chi connectivity index (χ1) is 19.2. The molecule has 4 aromatic carbocycles. The molecular formula is C37H47BrN2O. The standard InChI is InChI=1S/C37H47N2O.BrH/c1-8-13-36(39(9-2,10-3)26-32-22-29(6)19-30(7)23-32)38(25-31-20-27(4)18-28(5)21-31)37(40)35-17-16-33-14-11-12-15-34(33)24-35;/h11-12,14-24,36H,8-10,13,25-26H2,1-7H3;1H/q+1;/p-1. The average molecular weight is 616 g/mol. The first-order valence-corrected chi connectivity index (χ1v) is 15.0. The predicted octanol–water partition coefficient (Wildman–Crippen LogP) is 5.90. The Morgan fingerprint density at radius 3 is 1.78 bits per heavy atom. The van der Waals surface area contributed by atoms with Gasteiger partial charge >= 0.3 is 0 Å². The highest BCUT2D eigenvalue weighted by molar-refractivity contribution is 5.98. The molecule has 218 valence electrons. The molecule has 0 aliphatic carbocycles. The Balaban J connectivity index is 0.00000462. The van der Waals surface area contributed by atoms with Gasteiger partial charge in [-0.25, -0.2) is 0 Å². The van der Waals surface area contributed by atoms with Crippen LogP contribution in [0.15, 0.2) is 78.9 Å². The fourth-order valence-corrected chi connectivity index (χ4v) is 6.64. The van der Waals surface area contributed by atoms with Crippen LogP contribution >= 0.6 is 0 Å². The van der Waals surface area contributed by atoms with Gasteiger partial charge in [0.1, 0.15) is 6.54 Å². The highest BCUT2D eigenvalue weighted by Crippen LogP contribution is 2.30. The van der Waals surface area contributed by atoms with Gasteiger partial charge in [-0.2, -0.15) is 0 Å². The van der Waals surface area contributed by atoms with Crippen molar-refractivity contribution in [3.05, 3.63) is 118 Å². The lowest BCUT2D eigenvalue weighted by Crippen LogP contribution is -3.00. The molecule has 4 heteroatoms. The summed E-state index contributed by atoms with van der Waals surface area (Å²) in [6, 6.07) is 28.1. The van der Waals surface area contributed by atoms with Gasteiger partial charge in [0.15, 0.2) is 6.17 Å². The van der Waals surface area contributed by atoms with E-state index in [4.69, 9.17) is 0 Å².